The first-order valence-electron chi connectivity index (χ1n) is 3.54. The Morgan fingerprint density at radius 1 is 1.30 bits per heavy atom. The quantitative estimate of drug-likeness (QED) is 0.524. The Kier molecular flexibility index (Phi) is 9.88. The van der Waals surface area contributed by atoms with Gasteiger partial charge >= 0.3 is 16.5 Å². The first-order valence-corrected chi connectivity index (χ1v) is 3.54. The Hall–Kier alpha value is 0.454. The van der Waals surface area contributed by atoms with E-state index in [0.29, 0.717) is 11.8 Å². The zero-order chi connectivity index (χ0) is 7.28. The molecule has 0 bridgehead atoms. The van der Waals surface area contributed by atoms with Crippen LogP contribution >= 0.6 is 0 Å². The van der Waals surface area contributed by atoms with Crippen molar-refractivity contribution in [2.45, 2.75) is 19.8 Å². The van der Waals surface area contributed by atoms with Crippen LogP contribution < -0.4 is 5.73 Å². The topological polar surface area (TPSA) is 26.0 Å². The molecule has 0 aromatic heterocycles. The fourth-order valence-corrected chi connectivity index (χ4v) is 0.906. The van der Waals surface area contributed by atoms with Gasteiger partial charge in [-0.1, -0.05) is 12.8 Å². The molecule has 0 saturated heterocycles. The number of hydrogen-bond donors (Lipinski definition) is 1. The first kappa shape index (κ1) is 13.1. The Bertz CT molecular complexity index is 62.3. The average Bonchev–Trinajstić information content (AvgIpc) is 1.90. The molecule has 0 radical (unpaired) electrons. The van der Waals surface area contributed by atoms with Crippen LogP contribution in [0.15, 0.2) is 0 Å². The van der Waals surface area contributed by atoms with E-state index in [1.54, 1.807) is 0 Å². The predicted octanol–water partition coefficient (Wildman–Crippen LogP) is 1.64. The summed E-state index contributed by atoms with van der Waals surface area (Å²) in [6.07, 6.45) is 1.92. The van der Waals surface area contributed by atoms with Gasteiger partial charge in [0.2, 0.25) is 0 Å². The first-order chi connectivity index (χ1) is 4.26. The molecular formula is C8H17NNi. The van der Waals surface area contributed by atoms with E-state index in [-0.39, 0.29) is 16.5 Å². The van der Waals surface area contributed by atoms with E-state index >= 15 is 0 Å². The molecule has 1 atom stereocenters. The molecule has 0 aliphatic carbocycles. The van der Waals surface area contributed by atoms with E-state index in [2.05, 4.69) is 20.8 Å². The largest absolute Gasteiger partial charge is 2.00 e. The second-order valence-electron chi connectivity index (χ2n) is 2.55. The van der Waals surface area contributed by atoms with Crippen LogP contribution in [-0.4, -0.2) is 6.54 Å². The van der Waals surface area contributed by atoms with Gasteiger partial charge in [0.15, 0.2) is 0 Å². The monoisotopic (exact) mass is 185 g/mol. The SMILES string of the molecule is [CH2-]CC(C[CH2-])C(C)CN.[Ni+2]. The molecule has 2 heteroatoms. The minimum absolute atomic E-state index is 0. The van der Waals surface area contributed by atoms with Gasteiger partial charge < -0.3 is 19.6 Å². The smallest absolute Gasteiger partial charge is 0.343 e. The zero-order valence-corrected chi connectivity index (χ0v) is 7.57. The van der Waals surface area contributed by atoms with Crippen molar-refractivity contribution in [2.75, 3.05) is 6.54 Å². The van der Waals surface area contributed by atoms with Gasteiger partial charge in [-0.25, -0.2) is 0 Å². The summed E-state index contributed by atoms with van der Waals surface area (Å²) >= 11 is 0. The van der Waals surface area contributed by atoms with Crippen molar-refractivity contribution in [3.8, 4) is 0 Å². The minimum atomic E-state index is 0. The maximum absolute atomic E-state index is 5.47. The van der Waals surface area contributed by atoms with Crippen molar-refractivity contribution in [1.82, 2.24) is 0 Å². The number of nitrogens with two attached hydrogens (primary N) is 1. The number of rotatable bonds is 4. The molecule has 0 aliphatic heterocycles. The molecule has 0 aromatic carbocycles. The minimum Gasteiger partial charge on any atom is -0.343 e. The van der Waals surface area contributed by atoms with Crippen LogP contribution in [0.2, 0.25) is 0 Å². The summed E-state index contributed by atoms with van der Waals surface area (Å²) in [6.45, 7) is 10.6. The second kappa shape index (κ2) is 7.56. The molecule has 0 heterocycles. The molecule has 1 nitrogen and oxygen atoms in total. The second-order valence-corrected chi connectivity index (χ2v) is 2.55. The van der Waals surface area contributed by atoms with Crippen LogP contribution in [-0.2, 0) is 16.5 Å². The molecule has 2 N–H and O–H groups in total. The van der Waals surface area contributed by atoms with Gasteiger partial charge in [-0.15, -0.1) is 0 Å². The summed E-state index contributed by atoms with van der Waals surface area (Å²) in [5, 5.41) is 0. The Morgan fingerprint density at radius 3 is 1.80 bits per heavy atom. The maximum Gasteiger partial charge on any atom is 2.00 e. The molecule has 0 aliphatic rings. The van der Waals surface area contributed by atoms with Crippen LogP contribution in [0.3, 0.4) is 0 Å². The third kappa shape index (κ3) is 4.30. The van der Waals surface area contributed by atoms with Crippen molar-refractivity contribution in [1.29, 1.82) is 0 Å². The molecular weight excluding hydrogens is 169 g/mol. The van der Waals surface area contributed by atoms with Gasteiger partial charge in [-0.05, 0) is 12.5 Å². The van der Waals surface area contributed by atoms with Crippen molar-refractivity contribution in [3.63, 3.8) is 0 Å². The molecule has 64 valence electrons. The van der Waals surface area contributed by atoms with E-state index < -0.39 is 0 Å². The van der Waals surface area contributed by atoms with Gasteiger partial charge in [0, 0.05) is 0 Å². The summed E-state index contributed by atoms with van der Waals surface area (Å²) in [5.74, 6) is 1.20. The van der Waals surface area contributed by atoms with Gasteiger partial charge in [0.05, 0.1) is 0 Å². The molecule has 10 heavy (non-hydrogen) atoms. The third-order valence-corrected chi connectivity index (χ3v) is 1.92. The van der Waals surface area contributed by atoms with Crippen LogP contribution in [0.5, 0.6) is 0 Å². The molecule has 0 aromatic rings. The van der Waals surface area contributed by atoms with Crippen LogP contribution in [0.1, 0.15) is 19.8 Å². The van der Waals surface area contributed by atoms with Gasteiger partial charge in [-0.3, -0.25) is 0 Å². The van der Waals surface area contributed by atoms with Crippen molar-refractivity contribution < 1.29 is 16.5 Å². The maximum atomic E-state index is 5.47. The van der Waals surface area contributed by atoms with Crippen molar-refractivity contribution >= 4 is 0 Å². The summed E-state index contributed by atoms with van der Waals surface area (Å²) in [6, 6.07) is 0. The molecule has 0 amide bonds. The summed E-state index contributed by atoms with van der Waals surface area (Å²) in [5.41, 5.74) is 5.47. The van der Waals surface area contributed by atoms with Crippen molar-refractivity contribution in [2.24, 2.45) is 17.6 Å². The fourth-order valence-electron chi connectivity index (χ4n) is 0.906. The van der Waals surface area contributed by atoms with E-state index in [4.69, 9.17) is 5.73 Å². The Balaban J connectivity index is 0. The van der Waals surface area contributed by atoms with Gasteiger partial charge in [-0.2, -0.15) is 12.8 Å². The summed E-state index contributed by atoms with van der Waals surface area (Å²) < 4.78 is 0. The Morgan fingerprint density at radius 2 is 1.70 bits per heavy atom. The molecule has 1 unspecified atom stereocenters. The molecule has 0 spiro atoms. The Labute approximate surface area is 74.7 Å². The molecule has 0 fully saturated rings. The normalized spacial score (nSPS) is 12.9. The van der Waals surface area contributed by atoms with E-state index in [0.717, 1.165) is 19.4 Å². The van der Waals surface area contributed by atoms with Crippen LogP contribution in [0.4, 0.5) is 0 Å². The average molecular weight is 186 g/mol. The predicted molar refractivity (Wildman–Crippen MR) is 41.7 cm³/mol. The van der Waals surface area contributed by atoms with Crippen LogP contribution in [0, 0.1) is 25.7 Å². The van der Waals surface area contributed by atoms with E-state index in [1.165, 1.54) is 0 Å². The molecule has 0 rings (SSSR count). The summed E-state index contributed by atoms with van der Waals surface area (Å²) in [7, 11) is 0. The van der Waals surface area contributed by atoms with E-state index in [9.17, 15) is 0 Å². The van der Waals surface area contributed by atoms with E-state index in [1.807, 2.05) is 0 Å². The summed E-state index contributed by atoms with van der Waals surface area (Å²) in [4.78, 5) is 0. The number of hydrogen-bond acceptors (Lipinski definition) is 1. The van der Waals surface area contributed by atoms with Crippen molar-refractivity contribution in [3.05, 3.63) is 13.8 Å². The fraction of sp³-hybridized carbons (Fsp3) is 0.750. The molecule has 0 saturated carbocycles. The standard InChI is InChI=1S/C8H17N.Ni/c1-4-8(5-2)7(3)6-9;/h7-8H,1-2,4-6,9H2,3H3;/q-2;+2. The van der Waals surface area contributed by atoms with Crippen LogP contribution in [0.25, 0.3) is 0 Å². The zero-order valence-electron chi connectivity index (χ0n) is 6.58. The van der Waals surface area contributed by atoms with Gasteiger partial charge in [0.25, 0.3) is 0 Å². The van der Waals surface area contributed by atoms with Gasteiger partial charge in [0.1, 0.15) is 0 Å². The third-order valence-electron chi connectivity index (χ3n) is 1.92.